The quantitative estimate of drug-likeness (QED) is 0.831. The number of halogens is 1. The van der Waals surface area contributed by atoms with Crippen LogP contribution in [0.4, 0.5) is 0 Å². The van der Waals surface area contributed by atoms with Crippen molar-refractivity contribution in [1.82, 2.24) is 10.3 Å². The van der Waals surface area contributed by atoms with E-state index in [1.165, 1.54) is 6.20 Å². The molecule has 1 amide bonds. The van der Waals surface area contributed by atoms with Crippen LogP contribution in [0.1, 0.15) is 29.6 Å². The largest absolute Gasteiger partial charge is 0.481 e. The molecule has 18 heavy (non-hydrogen) atoms. The van der Waals surface area contributed by atoms with Crippen LogP contribution in [0.3, 0.4) is 0 Å². The summed E-state index contributed by atoms with van der Waals surface area (Å²) in [7, 11) is 0. The fraction of sp³-hybridized carbons (Fsp3) is 0.417. The SMILES string of the molecule is O=C(NCC1(C(=O)O)CCC1)c1ccnc(Br)c1. The van der Waals surface area contributed by atoms with Gasteiger partial charge in [-0.3, -0.25) is 9.59 Å². The minimum absolute atomic E-state index is 0.182. The number of carbonyl (C=O) groups is 2. The predicted molar refractivity (Wildman–Crippen MR) is 68.2 cm³/mol. The highest BCUT2D eigenvalue weighted by Gasteiger charge is 2.44. The Morgan fingerprint density at radius 1 is 1.50 bits per heavy atom. The second-order valence-electron chi connectivity index (χ2n) is 4.49. The Hall–Kier alpha value is -1.43. The van der Waals surface area contributed by atoms with Gasteiger partial charge in [-0.15, -0.1) is 0 Å². The molecule has 2 rings (SSSR count). The number of carbonyl (C=O) groups excluding carboxylic acids is 1. The summed E-state index contributed by atoms with van der Waals surface area (Å²) >= 11 is 3.18. The first-order valence-electron chi connectivity index (χ1n) is 5.67. The number of hydrogen-bond acceptors (Lipinski definition) is 3. The van der Waals surface area contributed by atoms with Gasteiger partial charge in [0.2, 0.25) is 0 Å². The number of nitrogens with one attached hydrogen (secondary N) is 1. The molecule has 1 aliphatic rings. The van der Waals surface area contributed by atoms with Crippen molar-refractivity contribution >= 4 is 27.8 Å². The van der Waals surface area contributed by atoms with Crippen molar-refractivity contribution in [1.29, 1.82) is 0 Å². The van der Waals surface area contributed by atoms with Gasteiger partial charge in [0.1, 0.15) is 4.60 Å². The Balaban J connectivity index is 1.98. The maximum absolute atomic E-state index is 11.9. The fourth-order valence-corrected chi connectivity index (χ4v) is 2.33. The van der Waals surface area contributed by atoms with Crippen LogP contribution in [0.5, 0.6) is 0 Å². The van der Waals surface area contributed by atoms with E-state index in [1.54, 1.807) is 12.1 Å². The molecule has 0 saturated heterocycles. The van der Waals surface area contributed by atoms with E-state index in [4.69, 9.17) is 5.11 Å². The number of carboxylic acid groups (broad SMARTS) is 1. The maximum atomic E-state index is 11.9. The summed E-state index contributed by atoms with van der Waals surface area (Å²) in [5.74, 6) is -1.10. The second kappa shape index (κ2) is 5.06. The lowest BCUT2D eigenvalue weighted by molar-refractivity contribution is -0.153. The third kappa shape index (κ3) is 2.53. The average molecular weight is 313 g/mol. The normalized spacial score (nSPS) is 16.7. The summed E-state index contributed by atoms with van der Waals surface area (Å²) in [6, 6.07) is 3.19. The van der Waals surface area contributed by atoms with Crippen LogP contribution in [0, 0.1) is 5.41 Å². The number of carboxylic acids is 1. The molecular formula is C12H13BrN2O3. The molecule has 0 radical (unpaired) electrons. The maximum Gasteiger partial charge on any atom is 0.311 e. The van der Waals surface area contributed by atoms with Crippen LogP contribution >= 0.6 is 15.9 Å². The summed E-state index contributed by atoms with van der Waals surface area (Å²) < 4.78 is 0.576. The Morgan fingerprint density at radius 2 is 2.22 bits per heavy atom. The van der Waals surface area contributed by atoms with Crippen molar-refractivity contribution in [3.05, 3.63) is 28.5 Å². The van der Waals surface area contributed by atoms with Crippen molar-refractivity contribution in [2.75, 3.05) is 6.54 Å². The highest BCUT2D eigenvalue weighted by atomic mass is 79.9. The molecule has 1 heterocycles. The van der Waals surface area contributed by atoms with Crippen molar-refractivity contribution in [2.45, 2.75) is 19.3 Å². The third-order valence-corrected chi connectivity index (χ3v) is 3.77. The lowest BCUT2D eigenvalue weighted by Gasteiger charge is -2.37. The Kier molecular flexibility index (Phi) is 3.65. The van der Waals surface area contributed by atoms with Crippen molar-refractivity contribution in [3.63, 3.8) is 0 Å². The summed E-state index contributed by atoms with van der Waals surface area (Å²) in [6.07, 6.45) is 3.68. The number of aliphatic carboxylic acids is 1. The Bertz CT molecular complexity index is 486. The van der Waals surface area contributed by atoms with Crippen LogP contribution in [-0.4, -0.2) is 28.5 Å². The van der Waals surface area contributed by atoms with E-state index in [1.807, 2.05) is 0 Å². The monoisotopic (exact) mass is 312 g/mol. The van der Waals surface area contributed by atoms with E-state index in [0.29, 0.717) is 23.0 Å². The zero-order valence-corrected chi connectivity index (χ0v) is 11.2. The van der Waals surface area contributed by atoms with Crippen LogP contribution in [0.2, 0.25) is 0 Å². The highest BCUT2D eigenvalue weighted by Crippen LogP contribution is 2.40. The van der Waals surface area contributed by atoms with Gasteiger partial charge in [-0.25, -0.2) is 4.98 Å². The first-order valence-corrected chi connectivity index (χ1v) is 6.46. The minimum Gasteiger partial charge on any atom is -0.481 e. The summed E-state index contributed by atoms with van der Waals surface area (Å²) in [5.41, 5.74) is -0.295. The van der Waals surface area contributed by atoms with Gasteiger partial charge in [0, 0.05) is 18.3 Å². The third-order valence-electron chi connectivity index (χ3n) is 3.34. The van der Waals surface area contributed by atoms with Gasteiger partial charge >= 0.3 is 5.97 Å². The smallest absolute Gasteiger partial charge is 0.311 e. The molecule has 1 aromatic heterocycles. The number of aromatic nitrogens is 1. The fourth-order valence-electron chi connectivity index (χ4n) is 1.97. The summed E-state index contributed by atoms with van der Waals surface area (Å²) in [5, 5.41) is 11.8. The van der Waals surface area contributed by atoms with Gasteiger partial charge < -0.3 is 10.4 Å². The van der Waals surface area contributed by atoms with E-state index < -0.39 is 11.4 Å². The lowest BCUT2D eigenvalue weighted by atomic mass is 9.69. The molecule has 96 valence electrons. The van der Waals surface area contributed by atoms with E-state index in [0.717, 1.165) is 6.42 Å². The molecule has 0 unspecified atom stereocenters. The van der Waals surface area contributed by atoms with Crippen LogP contribution in [-0.2, 0) is 4.79 Å². The lowest BCUT2D eigenvalue weighted by Crippen LogP contribution is -2.47. The average Bonchev–Trinajstić information content (AvgIpc) is 2.26. The van der Waals surface area contributed by atoms with E-state index >= 15 is 0 Å². The molecule has 6 heteroatoms. The van der Waals surface area contributed by atoms with Gasteiger partial charge in [0.15, 0.2) is 0 Å². The van der Waals surface area contributed by atoms with Crippen LogP contribution < -0.4 is 5.32 Å². The standard InChI is InChI=1S/C12H13BrN2O3/c13-9-6-8(2-5-14-9)10(16)15-7-12(11(17)18)3-1-4-12/h2,5-6H,1,3-4,7H2,(H,15,16)(H,17,18). The van der Waals surface area contributed by atoms with Crippen molar-refractivity contribution in [2.24, 2.45) is 5.41 Å². The summed E-state index contributed by atoms with van der Waals surface area (Å²) in [6.45, 7) is 0.182. The molecule has 1 aromatic rings. The van der Waals surface area contributed by atoms with Gasteiger partial charge in [0.25, 0.3) is 5.91 Å². The number of hydrogen-bond donors (Lipinski definition) is 2. The molecule has 0 aliphatic heterocycles. The van der Waals surface area contributed by atoms with E-state index in [2.05, 4.69) is 26.2 Å². The van der Waals surface area contributed by atoms with E-state index in [9.17, 15) is 9.59 Å². The van der Waals surface area contributed by atoms with Crippen LogP contribution in [0.15, 0.2) is 22.9 Å². The molecule has 0 bridgehead atoms. The zero-order chi connectivity index (χ0) is 13.2. The Morgan fingerprint density at radius 3 is 2.72 bits per heavy atom. The molecule has 1 fully saturated rings. The van der Waals surface area contributed by atoms with E-state index in [-0.39, 0.29) is 12.5 Å². The predicted octanol–water partition coefficient (Wildman–Crippen LogP) is 1.83. The van der Waals surface area contributed by atoms with Crippen molar-refractivity contribution < 1.29 is 14.7 Å². The number of nitrogens with zero attached hydrogens (tertiary/aromatic N) is 1. The van der Waals surface area contributed by atoms with Crippen LogP contribution in [0.25, 0.3) is 0 Å². The topological polar surface area (TPSA) is 79.3 Å². The zero-order valence-electron chi connectivity index (χ0n) is 9.65. The molecule has 0 spiro atoms. The molecule has 0 aromatic carbocycles. The molecule has 2 N–H and O–H groups in total. The number of pyridine rings is 1. The van der Waals surface area contributed by atoms with Crippen molar-refractivity contribution in [3.8, 4) is 0 Å². The molecular weight excluding hydrogens is 300 g/mol. The molecule has 1 aliphatic carbocycles. The van der Waals surface area contributed by atoms with Gasteiger partial charge in [-0.1, -0.05) is 6.42 Å². The van der Waals surface area contributed by atoms with Gasteiger partial charge in [-0.2, -0.15) is 0 Å². The first kappa shape index (κ1) is 13.0. The summed E-state index contributed by atoms with van der Waals surface area (Å²) in [4.78, 5) is 26.9. The first-order chi connectivity index (χ1) is 8.53. The van der Waals surface area contributed by atoms with Gasteiger partial charge in [-0.05, 0) is 40.9 Å². The number of amides is 1. The number of rotatable bonds is 4. The molecule has 5 nitrogen and oxygen atoms in total. The van der Waals surface area contributed by atoms with Gasteiger partial charge in [0.05, 0.1) is 5.41 Å². The highest BCUT2D eigenvalue weighted by molar-refractivity contribution is 9.10. The minimum atomic E-state index is -0.829. The second-order valence-corrected chi connectivity index (χ2v) is 5.30. The molecule has 1 saturated carbocycles. The molecule has 0 atom stereocenters. The Labute approximate surface area is 113 Å².